The molecule has 0 fully saturated rings. The van der Waals surface area contributed by atoms with Gasteiger partial charge in [0.25, 0.3) is 0 Å². The summed E-state index contributed by atoms with van der Waals surface area (Å²) in [6.45, 7) is 4.12. The van der Waals surface area contributed by atoms with Gasteiger partial charge in [0.1, 0.15) is 0 Å². The van der Waals surface area contributed by atoms with E-state index in [0.717, 1.165) is 14.8 Å². The van der Waals surface area contributed by atoms with Gasteiger partial charge in [0, 0.05) is 14.8 Å². The van der Waals surface area contributed by atoms with Crippen molar-refractivity contribution in [1.82, 2.24) is 0 Å². The van der Waals surface area contributed by atoms with Gasteiger partial charge in [-0.1, -0.05) is 5.57 Å². The zero-order valence-corrected chi connectivity index (χ0v) is 10.5. The van der Waals surface area contributed by atoms with E-state index < -0.39 is 0 Å². The number of hydrogen-bond acceptors (Lipinski definition) is 2. The van der Waals surface area contributed by atoms with Crippen LogP contribution in [0.2, 0.25) is 0 Å². The fraction of sp³-hybridized carbons (Fsp3) is 0.273. The number of benzene rings is 1. The number of aliphatic hydroxyl groups is 1. The van der Waals surface area contributed by atoms with Crippen molar-refractivity contribution in [1.29, 1.82) is 0 Å². The number of nitrogens with one attached hydrogen (secondary N) is 1. The third-order valence-corrected chi connectivity index (χ3v) is 2.42. The quantitative estimate of drug-likeness (QED) is 0.841. The number of halogens is 1. The molecule has 0 atom stereocenters. The van der Waals surface area contributed by atoms with Crippen LogP contribution in [0.4, 0.5) is 5.69 Å². The molecule has 2 N–H and O–H groups in total. The fourth-order valence-electron chi connectivity index (χ4n) is 1.06. The highest BCUT2D eigenvalue weighted by atomic mass is 127. The summed E-state index contributed by atoms with van der Waals surface area (Å²) in [5.41, 5.74) is 3.09. The molecule has 1 aromatic carbocycles. The Morgan fingerprint density at radius 2 is 2.21 bits per heavy atom. The summed E-state index contributed by atoms with van der Waals surface area (Å²) in [6.07, 6.45) is 1.93. The Morgan fingerprint density at radius 3 is 2.79 bits per heavy atom. The van der Waals surface area contributed by atoms with Gasteiger partial charge in [0.15, 0.2) is 0 Å². The smallest absolute Gasteiger partial charge is 0.0702 e. The highest BCUT2D eigenvalue weighted by Crippen LogP contribution is 2.19. The molecule has 0 spiro atoms. The van der Waals surface area contributed by atoms with E-state index in [1.807, 2.05) is 38.2 Å². The molecule has 0 saturated carbocycles. The van der Waals surface area contributed by atoms with Gasteiger partial charge < -0.3 is 10.4 Å². The van der Waals surface area contributed by atoms with Crippen molar-refractivity contribution in [3.05, 3.63) is 39.1 Å². The minimum absolute atomic E-state index is 0.0653. The number of allylic oxidation sites excluding steroid dienone is 1. The lowest BCUT2D eigenvalue weighted by Gasteiger charge is -2.07. The molecule has 1 aromatic rings. The lowest BCUT2D eigenvalue weighted by Crippen LogP contribution is -1.95. The van der Waals surface area contributed by atoms with Crippen molar-refractivity contribution in [3.8, 4) is 0 Å². The predicted octanol–water partition coefficient (Wildman–Crippen LogP) is 3.12. The maximum absolute atomic E-state index is 9.14. The topological polar surface area (TPSA) is 32.3 Å². The highest BCUT2D eigenvalue weighted by Gasteiger charge is 1.99. The van der Waals surface area contributed by atoms with E-state index in [4.69, 9.17) is 5.11 Å². The van der Waals surface area contributed by atoms with Crippen LogP contribution in [-0.4, -0.2) is 5.11 Å². The molecule has 0 unspecified atom stereocenters. The Labute approximate surface area is 98.2 Å². The van der Waals surface area contributed by atoms with E-state index in [2.05, 4.69) is 27.9 Å². The van der Waals surface area contributed by atoms with Crippen LogP contribution in [0.15, 0.2) is 30.0 Å². The third kappa shape index (κ3) is 3.31. The van der Waals surface area contributed by atoms with E-state index in [1.165, 1.54) is 5.57 Å². The normalized spacial score (nSPS) is 9.71. The molecule has 0 aromatic heterocycles. The number of aliphatic hydroxyl groups excluding tert-OH is 1. The Kier molecular flexibility index (Phi) is 4.41. The van der Waals surface area contributed by atoms with E-state index in [1.54, 1.807) is 0 Å². The van der Waals surface area contributed by atoms with Gasteiger partial charge >= 0.3 is 0 Å². The molecule has 1 rings (SSSR count). The molecule has 0 radical (unpaired) electrons. The van der Waals surface area contributed by atoms with Gasteiger partial charge in [0.05, 0.1) is 6.61 Å². The van der Waals surface area contributed by atoms with Gasteiger partial charge in [-0.2, -0.15) is 0 Å². The van der Waals surface area contributed by atoms with Crippen LogP contribution in [-0.2, 0) is 6.61 Å². The lowest BCUT2D eigenvalue weighted by atomic mass is 10.2. The first-order valence-corrected chi connectivity index (χ1v) is 5.50. The highest BCUT2D eigenvalue weighted by molar-refractivity contribution is 14.1. The van der Waals surface area contributed by atoms with E-state index in [-0.39, 0.29) is 6.61 Å². The summed E-state index contributed by atoms with van der Waals surface area (Å²) in [7, 11) is 0. The lowest BCUT2D eigenvalue weighted by molar-refractivity contribution is 0.282. The zero-order chi connectivity index (χ0) is 10.6. The zero-order valence-electron chi connectivity index (χ0n) is 8.34. The van der Waals surface area contributed by atoms with Crippen molar-refractivity contribution < 1.29 is 5.11 Å². The number of anilines is 1. The average molecular weight is 303 g/mol. The number of rotatable bonds is 3. The molecule has 0 aliphatic rings. The van der Waals surface area contributed by atoms with Crippen molar-refractivity contribution in [2.75, 3.05) is 5.32 Å². The molecule has 3 heteroatoms. The molecule has 14 heavy (non-hydrogen) atoms. The van der Waals surface area contributed by atoms with Gasteiger partial charge in [0.2, 0.25) is 0 Å². The first-order valence-electron chi connectivity index (χ1n) is 4.42. The maximum Gasteiger partial charge on any atom is 0.0702 e. The molecule has 0 saturated heterocycles. The molecular formula is C11H14INO. The first kappa shape index (κ1) is 11.5. The summed E-state index contributed by atoms with van der Waals surface area (Å²) >= 11 is 2.23. The second-order valence-corrected chi connectivity index (χ2v) is 4.57. The minimum atomic E-state index is 0.0653. The van der Waals surface area contributed by atoms with Gasteiger partial charge in [-0.15, -0.1) is 0 Å². The van der Waals surface area contributed by atoms with E-state index in [0.29, 0.717) is 0 Å². The predicted molar refractivity (Wildman–Crippen MR) is 68.1 cm³/mol. The van der Waals surface area contributed by atoms with Crippen LogP contribution < -0.4 is 5.32 Å². The standard InChI is InChI=1S/C11H14INO/c1-8(2)6-13-11-4-3-10(12)5-9(11)7-14/h3-6,13-14H,7H2,1-2H3. The Hall–Kier alpha value is -0.550. The fourth-order valence-corrected chi connectivity index (χ4v) is 1.61. The second kappa shape index (κ2) is 5.36. The van der Waals surface area contributed by atoms with Crippen LogP contribution in [0.5, 0.6) is 0 Å². The molecular weight excluding hydrogens is 289 g/mol. The van der Waals surface area contributed by atoms with Crippen molar-refractivity contribution in [2.45, 2.75) is 20.5 Å². The molecule has 2 nitrogen and oxygen atoms in total. The van der Waals surface area contributed by atoms with Gasteiger partial charge in [-0.05, 0) is 60.8 Å². The second-order valence-electron chi connectivity index (χ2n) is 3.33. The largest absolute Gasteiger partial charge is 0.392 e. The summed E-state index contributed by atoms with van der Waals surface area (Å²) in [6, 6.07) is 5.97. The summed E-state index contributed by atoms with van der Waals surface area (Å²) in [5.74, 6) is 0. The van der Waals surface area contributed by atoms with E-state index >= 15 is 0 Å². The van der Waals surface area contributed by atoms with Crippen LogP contribution in [0.25, 0.3) is 0 Å². The van der Waals surface area contributed by atoms with Gasteiger partial charge in [-0.3, -0.25) is 0 Å². The van der Waals surface area contributed by atoms with Crippen molar-refractivity contribution in [2.24, 2.45) is 0 Å². The van der Waals surface area contributed by atoms with Crippen molar-refractivity contribution >= 4 is 28.3 Å². The molecule has 0 aliphatic carbocycles. The SMILES string of the molecule is CC(C)=CNc1ccc(I)cc1CO. The summed E-state index contributed by atoms with van der Waals surface area (Å²) in [4.78, 5) is 0. The third-order valence-electron chi connectivity index (χ3n) is 1.75. The monoisotopic (exact) mass is 303 g/mol. The number of hydrogen-bond donors (Lipinski definition) is 2. The average Bonchev–Trinajstić information content (AvgIpc) is 2.15. The molecule has 76 valence electrons. The van der Waals surface area contributed by atoms with Gasteiger partial charge in [-0.25, -0.2) is 0 Å². The first-order chi connectivity index (χ1) is 6.63. The van der Waals surface area contributed by atoms with E-state index in [9.17, 15) is 0 Å². The summed E-state index contributed by atoms with van der Waals surface area (Å²) < 4.78 is 1.13. The molecule has 0 heterocycles. The van der Waals surface area contributed by atoms with Crippen LogP contribution in [0, 0.1) is 3.57 Å². The summed E-state index contributed by atoms with van der Waals surface area (Å²) in [5, 5.41) is 12.3. The maximum atomic E-state index is 9.14. The molecule has 0 bridgehead atoms. The molecule has 0 amide bonds. The Balaban J connectivity index is 2.91. The Morgan fingerprint density at radius 1 is 1.50 bits per heavy atom. The van der Waals surface area contributed by atoms with Crippen LogP contribution in [0.3, 0.4) is 0 Å². The Bertz CT molecular complexity index is 343. The minimum Gasteiger partial charge on any atom is -0.392 e. The van der Waals surface area contributed by atoms with Crippen LogP contribution in [0.1, 0.15) is 19.4 Å². The van der Waals surface area contributed by atoms with Crippen LogP contribution >= 0.6 is 22.6 Å². The molecule has 0 aliphatic heterocycles. The van der Waals surface area contributed by atoms with Crippen molar-refractivity contribution in [3.63, 3.8) is 0 Å².